The van der Waals surface area contributed by atoms with E-state index in [1.54, 1.807) is 4.90 Å². The molecule has 1 saturated carbocycles. The van der Waals surface area contributed by atoms with E-state index < -0.39 is 10.9 Å². The standard InChI is InChI=1S/C16H18N2O6/c1-24-13-3-2-10(8-12(13)18(22)23)14(19)17-6-4-16(5-7-17)9-11(16)15(20)21/h2-3,8,11H,4-7,9H2,1H3,(H,20,21). The largest absolute Gasteiger partial charge is 0.490 e. The van der Waals surface area contributed by atoms with Gasteiger partial charge in [0.05, 0.1) is 18.0 Å². The van der Waals surface area contributed by atoms with Crippen molar-refractivity contribution in [2.45, 2.75) is 19.3 Å². The van der Waals surface area contributed by atoms with Crippen molar-refractivity contribution in [3.05, 3.63) is 33.9 Å². The third-order valence-electron chi connectivity index (χ3n) is 5.16. The number of carboxylic acid groups (broad SMARTS) is 1. The smallest absolute Gasteiger partial charge is 0.311 e. The predicted octanol–water partition coefficient (Wildman–Crippen LogP) is 1.93. The van der Waals surface area contributed by atoms with E-state index in [1.807, 2.05) is 0 Å². The van der Waals surface area contributed by atoms with Gasteiger partial charge in [0.25, 0.3) is 5.91 Å². The van der Waals surface area contributed by atoms with Crippen molar-refractivity contribution in [1.82, 2.24) is 4.90 Å². The number of nitro benzene ring substituents is 1. The maximum Gasteiger partial charge on any atom is 0.311 e. The molecule has 8 nitrogen and oxygen atoms in total. The van der Waals surface area contributed by atoms with Gasteiger partial charge in [0, 0.05) is 24.7 Å². The summed E-state index contributed by atoms with van der Waals surface area (Å²) in [7, 11) is 1.34. The lowest BCUT2D eigenvalue weighted by Crippen LogP contribution is -2.40. The number of nitrogens with zero attached hydrogens (tertiary/aromatic N) is 2. The molecule has 1 aromatic carbocycles. The Morgan fingerprint density at radius 2 is 2.04 bits per heavy atom. The van der Waals surface area contributed by atoms with E-state index >= 15 is 0 Å². The molecule has 0 bridgehead atoms. The highest BCUT2D eigenvalue weighted by Gasteiger charge is 2.59. The number of hydrogen-bond acceptors (Lipinski definition) is 5. The zero-order valence-corrected chi connectivity index (χ0v) is 13.2. The molecule has 2 aliphatic rings. The minimum Gasteiger partial charge on any atom is -0.490 e. The molecule has 1 aromatic rings. The van der Waals surface area contributed by atoms with Gasteiger partial charge in [-0.25, -0.2) is 0 Å². The molecule has 1 unspecified atom stereocenters. The van der Waals surface area contributed by atoms with Crippen molar-refractivity contribution in [1.29, 1.82) is 0 Å². The van der Waals surface area contributed by atoms with Crippen LogP contribution in [0.1, 0.15) is 29.6 Å². The lowest BCUT2D eigenvalue weighted by atomic mass is 9.90. The van der Waals surface area contributed by atoms with Crippen LogP contribution in [0.25, 0.3) is 0 Å². The molecule has 1 amide bonds. The Labute approximate surface area is 138 Å². The monoisotopic (exact) mass is 334 g/mol. The van der Waals surface area contributed by atoms with Gasteiger partial charge in [-0.05, 0) is 36.8 Å². The van der Waals surface area contributed by atoms with Crippen molar-refractivity contribution in [2.24, 2.45) is 11.3 Å². The average Bonchev–Trinajstić information content (AvgIpc) is 3.28. The van der Waals surface area contributed by atoms with E-state index in [0.29, 0.717) is 32.4 Å². The molecule has 3 rings (SSSR count). The molecule has 1 saturated heterocycles. The number of piperidine rings is 1. The second kappa shape index (κ2) is 5.77. The van der Waals surface area contributed by atoms with E-state index in [2.05, 4.69) is 0 Å². The number of carbonyl (C=O) groups is 2. The lowest BCUT2D eigenvalue weighted by molar-refractivity contribution is -0.385. The fourth-order valence-corrected chi connectivity index (χ4v) is 3.55. The van der Waals surface area contributed by atoms with Crippen molar-refractivity contribution in [3.8, 4) is 5.75 Å². The first kappa shape index (κ1) is 16.2. The Hall–Kier alpha value is -2.64. The first-order chi connectivity index (χ1) is 11.4. The van der Waals surface area contributed by atoms with Gasteiger partial charge < -0.3 is 14.7 Å². The van der Waals surface area contributed by atoms with Crippen LogP contribution in [0, 0.1) is 21.4 Å². The van der Waals surface area contributed by atoms with Gasteiger partial charge in [-0.2, -0.15) is 0 Å². The summed E-state index contributed by atoms with van der Waals surface area (Å²) < 4.78 is 4.93. The number of rotatable bonds is 4. The zero-order valence-electron chi connectivity index (χ0n) is 13.2. The van der Waals surface area contributed by atoms with Crippen LogP contribution < -0.4 is 4.74 Å². The molecular formula is C16H18N2O6. The van der Waals surface area contributed by atoms with Crippen LogP contribution in [0.4, 0.5) is 5.69 Å². The molecular weight excluding hydrogens is 316 g/mol. The van der Waals surface area contributed by atoms with Gasteiger partial charge in [-0.1, -0.05) is 0 Å². The number of aliphatic carboxylic acids is 1. The number of likely N-dealkylation sites (tertiary alicyclic amines) is 1. The SMILES string of the molecule is COc1ccc(C(=O)N2CCC3(CC2)CC3C(=O)O)cc1[N+](=O)[O-]. The van der Waals surface area contributed by atoms with E-state index in [9.17, 15) is 19.7 Å². The highest BCUT2D eigenvalue weighted by Crippen LogP contribution is 2.59. The van der Waals surface area contributed by atoms with Crippen LogP contribution in [-0.2, 0) is 4.79 Å². The van der Waals surface area contributed by atoms with Gasteiger partial charge in [0.15, 0.2) is 5.75 Å². The highest BCUT2D eigenvalue weighted by molar-refractivity contribution is 5.95. The van der Waals surface area contributed by atoms with Gasteiger partial charge in [0.2, 0.25) is 0 Å². The highest BCUT2D eigenvalue weighted by atomic mass is 16.6. The summed E-state index contributed by atoms with van der Waals surface area (Å²) in [6, 6.07) is 4.15. The Kier molecular flexibility index (Phi) is 3.90. The third-order valence-corrected chi connectivity index (χ3v) is 5.16. The second-order valence-corrected chi connectivity index (χ2v) is 6.39. The lowest BCUT2D eigenvalue weighted by Gasteiger charge is -2.32. The zero-order chi connectivity index (χ0) is 17.5. The van der Waals surface area contributed by atoms with E-state index in [-0.39, 0.29) is 34.2 Å². The summed E-state index contributed by atoms with van der Waals surface area (Å²) in [4.78, 5) is 35.8. The molecule has 24 heavy (non-hydrogen) atoms. The second-order valence-electron chi connectivity index (χ2n) is 6.39. The summed E-state index contributed by atoms with van der Waals surface area (Å²) in [5.74, 6) is -1.23. The summed E-state index contributed by atoms with van der Waals surface area (Å²) >= 11 is 0. The maximum atomic E-state index is 12.6. The number of amides is 1. The summed E-state index contributed by atoms with van der Waals surface area (Å²) in [6.07, 6.45) is 2.00. The van der Waals surface area contributed by atoms with E-state index in [4.69, 9.17) is 9.84 Å². The molecule has 0 radical (unpaired) electrons. The number of ether oxygens (including phenoxy) is 1. The van der Waals surface area contributed by atoms with Crippen molar-refractivity contribution in [2.75, 3.05) is 20.2 Å². The average molecular weight is 334 g/mol. The molecule has 1 aliphatic heterocycles. The third kappa shape index (κ3) is 2.68. The number of methoxy groups -OCH3 is 1. The fraction of sp³-hybridized carbons (Fsp3) is 0.500. The molecule has 1 atom stereocenters. The van der Waals surface area contributed by atoms with E-state index in [1.165, 1.54) is 25.3 Å². The fourth-order valence-electron chi connectivity index (χ4n) is 3.55. The minimum atomic E-state index is -0.763. The Balaban J connectivity index is 1.71. The van der Waals surface area contributed by atoms with Crippen LogP contribution >= 0.6 is 0 Å². The van der Waals surface area contributed by atoms with Crippen LogP contribution in [0.15, 0.2) is 18.2 Å². The molecule has 1 heterocycles. The number of carboxylic acids is 1. The number of benzene rings is 1. The Morgan fingerprint density at radius 3 is 2.54 bits per heavy atom. The normalized spacial score (nSPS) is 21.4. The first-order valence-electron chi connectivity index (χ1n) is 7.72. The quantitative estimate of drug-likeness (QED) is 0.665. The Bertz CT molecular complexity index is 709. The van der Waals surface area contributed by atoms with Gasteiger partial charge in [-0.15, -0.1) is 0 Å². The molecule has 0 aromatic heterocycles. The number of carbonyl (C=O) groups excluding carboxylic acids is 1. The summed E-state index contributed by atoms with van der Waals surface area (Å²) in [5, 5.41) is 20.2. The van der Waals surface area contributed by atoms with Crippen LogP contribution in [-0.4, -0.2) is 47.0 Å². The number of hydrogen-bond donors (Lipinski definition) is 1. The van der Waals surface area contributed by atoms with Gasteiger partial charge in [0.1, 0.15) is 0 Å². The molecule has 128 valence electrons. The molecule has 1 spiro atoms. The minimum absolute atomic E-state index is 0.108. The summed E-state index contributed by atoms with van der Waals surface area (Å²) in [5.41, 5.74) is -0.164. The van der Waals surface area contributed by atoms with Crippen molar-refractivity contribution >= 4 is 17.6 Å². The predicted molar refractivity (Wildman–Crippen MR) is 83.0 cm³/mol. The maximum absolute atomic E-state index is 12.6. The molecule has 8 heteroatoms. The molecule has 2 fully saturated rings. The van der Waals surface area contributed by atoms with Gasteiger partial charge >= 0.3 is 11.7 Å². The molecule has 1 aliphatic carbocycles. The topological polar surface area (TPSA) is 110 Å². The summed E-state index contributed by atoms with van der Waals surface area (Å²) in [6.45, 7) is 0.949. The van der Waals surface area contributed by atoms with Crippen molar-refractivity contribution in [3.63, 3.8) is 0 Å². The van der Waals surface area contributed by atoms with Crippen LogP contribution in [0.3, 0.4) is 0 Å². The number of nitro groups is 1. The van der Waals surface area contributed by atoms with Crippen LogP contribution in [0.2, 0.25) is 0 Å². The van der Waals surface area contributed by atoms with Crippen molar-refractivity contribution < 1.29 is 24.4 Å². The van der Waals surface area contributed by atoms with Gasteiger partial charge in [-0.3, -0.25) is 19.7 Å². The Morgan fingerprint density at radius 1 is 1.38 bits per heavy atom. The molecule has 1 N–H and O–H groups in total. The van der Waals surface area contributed by atoms with Crippen LogP contribution in [0.5, 0.6) is 5.75 Å². The van der Waals surface area contributed by atoms with E-state index in [0.717, 1.165) is 0 Å². The first-order valence-corrected chi connectivity index (χ1v) is 7.72.